The number of aryl methyl sites for hydroxylation is 1. The molecule has 1 aromatic heterocycles. The molecule has 3 aliphatic rings. The third-order valence-corrected chi connectivity index (χ3v) is 8.41. The van der Waals surface area contributed by atoms with Gasteiger partial charge >= 0.3 is 0 Å². The SMILES string of the molecule is CC(C)(NC(=O)c1cc2c(n(CC3CCCCC3)c1=O)CCCCC2)C(=O)N1CCC(C(N)=O)CC1. The summed E-state index contributed by atoms with van der Waals surface area (Å²) in [6, 6.07) is 1.79. The Labute approximate surface area is 214 Å². The zero-order valence-corrected chi connectivity index (χ0v) is 21.9. The summed E-state index contributed by atoms with van der Waals surface area (Å²) in [7, 11) is 0. The van der Waals surface area contributed by atoms with Gasteiger partial charge in [0.25, 0.3) is 11.5 Å². The van der Waals surface area contributed by atoms with Gasteiger partial charge in [0.05, 0.1) is 0 Å². The zero-order valence-electron chi connectivity index (χ0n) is 21.9. The van der Waals surface area contributed by atoms with E-state index in [0.717, 1.165) is 56.2 Å². The highest BCUT2D eigenvalue weighted by Crippen LogP contribution is 2.27. The molecule has 198 valence electrons. The molecular formula is C28H42N4O4. The van der Waals surface area contributed by atoms with Crippen molar-refractivity contribution in [2.75, 3.05) is 13.1 Å². The Morgan fingerprint density at radius 1 is 0.972 bits per heavy atom. The second-order valence-electron chi connectivity index (χ2n) is 11.6. The number of carbonyl (C=O) groups is 3. The second-order valence-corrected chi connectivity index (χ2v) is 11.6. The Kier molecular flexibility index (Phi) is 8.20. The highest BCUT2D eigenvalue weighted by molar-refractivity contribution is 5.99. The Morgan fingerprint density at radius 2 is 1.61 bits per heavy atom. The predicted molar refractivity (Wildman–Crippen MR) is 139 cm³/mol. The number of nitrogens with two attached hydrogens (primary N) is 1. The average Bonchev–Trinajstić information content (AvgIpc) is 3.11. The quantitative estimate of drug-likeness (QED) is 0.587. The van der Waals surface area contributed by atoms with Gasteiger partial charge in [0.2, 0.25) is 11.8 Å². The normalized spacial score (nSPS) is 19.9. The lowest BCUT2D eigenvalue weighted by Crippen LogP contribution is -2.58. The number of fused-ring (bicyclic) bond motifs is 1. The number of piperidine rings is 1. The minimum atomic E-state index is -1.18. The first-order valence-electron chi connectivity index (χ1n) is 13.8. The Hall–Kier alpha value is -2.64. The largest absolute Gasteiger partial charge is 0.369 e. The summed E-state index contributed by atoms with van der Waals surface area (Å²) < 4.78 is 1.90. The molecule has 0 bridgehead atoms. The molecule has 3 N–H and O–H groups in total. The molecule has 2 fully saturated rings. The number of pyridine rings is 1. The van der Waals surface area contributed by atoms with Crippen molar-refractivity contribution in [3.63, 3.8) is 0 Å². The van der Waals surface area contributed by atoms with Crippen LogP contribution in [0, 0.1) is 11.8 Å². The molecule has 1 aromatic rings. The number of rotatable bonds is 6. The van der Waals surface area contributed by atoms with Crippen molar-refractivity contribution in [2.45, 2.75) is 103 Å². The van der Waals surface area contributed by atoms with Crippen molar-refractivity contribution >= 4 is 17.7 Å². The van der Waals surface area contributed by atoms with E-state index in [1.54, 1.807) is 24.8 Å². The molecule has 1 saturated carbocycles. The minimum absolute atomic E-state index is 0.139. The third kappa shape index (κ3) is 5.84. The van der Waals surface area contributed by atoms with Crippen molar-refractivity contribution in [2.24, 2.45) is 17.6 Å². The average molecular weight is 499 g/mol. The van der Waals surface area contributed by atoms with Crippen LogP contribution < -0.4 is 16.6 Å². The molecule has 0 spiro atoms. The summed E-state index contributed by atoms with van der Waals surface area (Å²) in [6.45, 7) is 4.89. The third-order valence-electron chi connectivity index (χ3n) is 8.41. The van der Waals surface area contributed by atoms with Crippen LogP contribution in [0.2, 0.25) is 0 Å². The van der Waals surface area contributed by atoms with Crippen LogP contribution in [0.5, 0.6) is 0 Å². The lowest BCUT2D eigenvalue weighted by Gasteiger charge is -2.36. The highest BCUT2D eigenvalue weighted by Gasteiger charge is 2.37. The maximum Gasteiger partial charge on any atom is 0.263 e. The van der Waals surface area contributed by atoms with E-state index >= 15 is 0 Å². The van der Waals surface area contributed by atoms with Gasteiger partial charge in [-0.05, 0) is 82.8 Å². The number of carbonyl (C=O) groups excluding carboxylic acids is 3. The first-order chi connectivity index (χ1) is 17.2. The smallest absolute Gasteiger partial charge is 0.263 e. The van der Waals surface area contributed by atoms with Gasteiger partial charge in [0, 0.05) is 31.2 Å². The fraction of sp³-hybridized carbons (Fsp3) is 0.714. The van der Waals surface area contributed by atoms with E-state index in [4.69, 9.17) is 5.73 Å². The summed E-state index contributed by atoms with van der Waals surface area (Å²) in [5.74, 6) is -0.773. The number of hydrogen-bond acceptors (Lipinski definition) is 4. The fourth-order valence-corrected chi connectivity index (χ4v) is 6.21. The number of hydrogen-bond donors (Lipinski definition) is 2. The van der Waals surface area contributed by atoms with Crippen LogP contribution in [0.1, 0.15) is 99.7 Å². The van der Waals surface area contributed by atoms with Crippen molar-refractivity contribution in [3.05, 3.63) is 33.2 Å². The Morgan fingerprint density at radius 3 is 2.28 bits per heavy atom. The van der Waals surface area contributed by atoms with E-state index in [2.05, 4.69) is 5.32 Å². The summed E-state index contributed by atoms with van der Waals surface area (Å²) in [6.07, 6.45) is 12.0. The van der Waals surface area contributed by atoms with E-state index in [-0.39, 0.29) is 28.9 Å². The molecule has 0 unspecified atom stereocenters. The van der Waals surface area contributed by atoms with Crippen molar-refractivity contribution in [1.29, 1.82) is 0 Å². The van der Waals surface area contributed by atoms with Gasteiger partial charge in [-0.3, -0.25) is 19.2 Å². The van der Waals surface area contributed by atoms with Crippen molar-refractivity contribution < 1.29 is 14.4 Å². The van der Waals surface area contributed by atoms with E-state index in [1.165, 1.54) is 19.3 Å². The van der Waals surface area contributed by atoms with Crippen LogP contribution in [-0.4, -0.2) is 45.8 Å². The van der Waals surface area contributed by atoms with E-state index in [0.29, 0.717) is 38.4 Å². The van der Waals surface area contributed by atoms with Gasteiger partial charge in [0.15, 0.2) is 0 Å². The lowest BCUT2D eigenvalue weighted by molar-refractivity contribution is -0.139. The summed E-state index contributed by atoms with van der Waals surface area (Å²) in [5.41, 5.74) is 6.35. The maximum atomic E-state index is 13.7. The standard InChI is InChI=1S/C28H42N4O4/c1-28(2,27(36)31-15-13-20(14-16-31)24(29)33)30-25(34)22-17-21-11-7-4-8-12-23(21)32(26(22)35)18-19-9-5-3-6-10-19/h17,19-20H,3-16,18H2,1-2H3,(H2,29,33)(H,30,34). The molecule has 2 heterocycles. The fourth-order valence-electron chi connectivity index (χ4n) is 6.21. The van der Waals surface area contributed by atoms with Gasteiger partial charge in [-0.25, -0.2) is 0 Å². The minimum Gasteiger partial charge on any atom is -0.369 e. The molecule has 1 aliphatic heterocycles. The second kappa shape index (κ2) is 11.2. The van der Waals surface area contributed by atoms with Crippen LogP contribution in [0.4, 0.5) is 0 Å². The number of nitrogens with one attached hydrogen (secondary N) is 1. The van der Waals surface area contributed by atoms with Crippen LogP contribution in [0.15, 0.2) is 10.9 Å². The predicted octanol–water partition coefficient (Wildman–Crippen LogP) is 2.93. The number of aromatic nitrogens is 1. The summed E-state index contributed by atoms with van der Waals surface area (Å²) in [4.78, 5) is 53.6. The topological polar surface area (TPSA) is 114 Å². The van der Waals surface area contributed by atoms with Crippen LogP contribution in [0.25, 0.3) is 0 Å². The van der Waals surface area contributed by atoms with E-state index in [9.17, 15) is 19.2 Å². The number of nitrogens with zero attached hydrogens (tertiary/aromatic N) is 2. The molecule has 2 aliphatic carbocycles. The first-order valence-corrected chi connectivity index (χ1v) is 13.8. The molecule has 0 aromatic carbocycles. The van der Waals surface area contributed by atoms with Crippen LogP contribution >= 0.6 is 0 Å². The zero-order chi connectivity index (χ0) is 25.9. The maximum absolute atomic E-state index is 13.7. The molecule has 4 rings (SSSR count). The molecule has 36 heavy (non-hydrogen) atoms. The summed E-state index contributed by atoms with van der Waals surface area (Å²) in [5, 5.41) is 2.86. The molecule has 1 saturated heterocycles. The number of amides is 3. The van der Waals surface area contributed by atoms with Gasteiger partial charge in [-0.15, -0.1) is 0 Å². The van der Waals surface area contributed by atoms with Gasteiger partial charge in [-0.1, -0.05) is 25.7 Å². The Balaban J connectivity index is 1.55. The lowest BCUT2D eigenvalue weighted by atomic mass is 9.89. The highest BCUT2D eigenvalue weighted by atomic mass is 16.2. The molecule has 8 heteroatoms. The van der Waals surface area contributed by atoms with E-state index < -0.39 is 11.4 Å². The molecule has 8 nitrogen and oxygen atoms in total. The molecule has 3 amide bonds. The Bertz CT molecular complexity index is 1050. The van der Waals surface area contributed by atoms with E-state index in [1.807, 2.05) is 4.57 Å². The molecular weight excluding hydrogens is 456 g/mol. The number of primary amides is 1. The van der Waals surface area contributed by atoms with Gasteiger partial charge < -0.3 is 20.5 Å². The summed E-state index contributed by atoms with van der Waals surface area (Å²) >= 11 is 0. The number of likely N-dealkylation sites (tertiary alicyclic amines) is 1. The molecule has 0 radical (unpaired) electrons. The van der Waals surface area contributed by atoms with Crippen molar-refractivity contribution in [1.82, 2.24) is 14.8 Å². The van der Waals surface area contributed by atoms with Crippen molar-refractivity contribution in [3.8, 4) is 0 Å². The molecule has 0 atom stereocenters. The van der Waals surface area contributed by atoms with Crippen LogP contribution in [0.3, 0.4) is 0 Å². The van der Waals surface area contributed by atoms with Crippen LogP contribution in [-0.2, 0) is 29.0 Å². The van der Waals surface area contributed by atoms with Gasteiger partial charge in [0.1, 0.15) is 11.1 Å². The monoisotopic (exact) mass is 498 g/mol. The first kappa shape index (κ1) is 26.4. The van der Waals surface area contributed by atoms with Gasteiger partial charge in [-0.2, -0.15) is 0 Å².